The van der Waals surface area contributed by atoms with Gasteiger partial charge in [0.2, 0.25) is 0 Å². The fourth-order valence-corrected chi connectivity index (χ4v) is 2.16. The number of carbonyl (C=O) groups excluding carboxylic acids is 1. The van der Waals surface area contributed by atoms with Gasteiger partial charge >= 0.3 is 5.97 Å². The van der Waals surface area contributed by atoms with Crippen LogP contribution in [0.4, 0.5) is 0 Å². The van der Waals surface area contributed by atoms with Crippen molar-refractivity contribution < 1.29 is 19.4 Å². The van der Waals surface area contributed by atoms with Crippen LogP contribution in [-0.2, 0) is 4.79 Å². The van der Waals surface area contributed by atoms with Gasteiger partial charge in [-0.05, 0) is 54.0 Å². The normalized spacial score (nSPS) is 11.3. The highest BCUT2D eigenvalue weighted by Crippen LogP contribution is 2.15. The molecule has 0 bridgehead atoms. The first-order valence-corrected chi connectivity index (χ1v) is 8.47. The van der Waals surface area contributed by atoms with Gasteiger partial charge in [-0.3, -0.25) is 4.79 Å². The lowest BCUT2D eigenvalue weighted by molar-refractivity contribution is -0.132. The van der Waals surface area contributed by atoms with Crippen molar-refractivity contribution in [3.63, 3.8) is 0 Å². The van der Waals surface area contributed by atoms with E-state index in [4.69, 9.17) is 16.3 Å². The van der Waals surface area contributed by atoms with Crippen LogP contribution in [0.1, 0.15) is 29.8 Å². The Kier molecular flexibility index (Phi) is 6.81. The Morgan fingerprint density at radius 3 is 2.27 bits per heavy atom. The topological polar surface area (TPSA) is 75.6 Å². The summed E-state index contributed by atoms with van der Waals surface area (Å²) in [5, 5.41) is 12.3. The molecule has 0 saturated carbocycles. The number of hydrogen-bond acceptors (Lipinski definition) is 3. The summed E-state index contributed by atoms with van der Waals surface area (Å²) in [6.07, 6.45) is 1.37. The molecule has 0 aliphatic carbocycles. The van der Waals surface area contributed by atoms with Crippen LogP contribution in [0, 0.1) is 5.92 Å². The van der Waals surface area contributed by atoms with Gasteiger partial charge in [0.1, 0.15) is 11.4 Å². The quantitative estimate of drug-likeness (QED) is 0.712. The number of halogens is 1. The van der Waals surface area contributed by atoms with Crippen molar-refractivity contribution in [1.82, 2.24) is 5.32 Å². The van der Waals surface area contributed by atoms with Gasteiger partial charge in [-0.15, -0.1) is 0 Å². The molecule has 2 aromatic rings. The van der Waals surface area contributed by atoms with Crippen LogP contribution in [0.15, 0.2) is 54.2 Å². The molecular formula is C20H20ClNO4. The van der Waals surface area contributed by atoms with Gasteiger partial charge in [0.25, 0.3) is 5.91 Å². The van der Waals surface area contributed by atoms with Crippen molar-refractivity contribution in [2.24, 2.45) is 5.92 Å². The first kappa shape index (κ1) is 19.5. The Balaban J connectivity index is 2.10. The van der Waals surface area contributed by atoms with Crippen molar-refractivity contribution in [3.05, 3.63) is 70.4 Å². The first-order chi connectivity index (χ1) is 12.3. The number of ether oxygens (including phenoxy) is 1. The van der Waals surface area contributed by atoms with Crippen molar-refractivity contribution in [2.45, 2.75) is 13.8 Å². The number of amides is 1. The molecule has 2 N–H and O–H groups in total. The van der Waals surface area contributed by atoms with Crippen LogP contribution in [-0.4, -0.2) is 23.6 Å². The van der Waals surface area contributed by atoms with E-state index in [9.17, 15) is 14.7 Å². The predicted molar refractivity (Wildman–Crippen MR) is 101 cm³/mol. The minimum atomic E-state index is -1.23. The van der Waals surface area contributed by atoms with Gasteiger partial charge in [-0.1, -0.05) is 37.6 Å². The second-order valence-corrected chi connectivity index (χ2v) is 6.53. The Morgan fingerprint density at radius 2 is 1.73 bits per heavy atom. The second kappa shape index (κ2) is 9.06. The number of nitrogens with one attached hydrogen (secondary N) is 1. The van der Waals surface area contributed by atoms with E-state index in [0.717, 1.165) is 0 Å². The van der Waals surface area contributed by atoms with E-state index < -0.39 is 11.9 Å². The zero-order valence-corrected chi connectivity index (χ0v) is 15.3. The van der Waals surface area contributed by atoms with E-state index in [0.29, 0.717) is 34.4 Å². The number of carboxylic acids is 1. The molecule has 26 heavy (non-hydrogen) atoms. The molecule has 2 rings (SSSR count). The smallest absolute Gasteiger partial charge is 0.352 e. The summed E-state index contributed by atoms with van der Waals surface area (Å²) >= 11 is 5.81. The van der Waals surface area contributed by atoms with Crippen LogP contribution < -0.4 is 10.1 Å². The summed E-state index contributed by atoms with van der Waals surface area (Å²) in [7, 11) is 0. The number of aliphatic carboxylic acids is 1. The lowest BCUT2D eigenvalue weighted by Crippen LogP contribution is -2.27. The summed E-state index contributed by atoms with van der Waals surface area (Å²) in [6.45, 7) is 4.67. The maximum atomic E-state index is 12.3. The maximum absolute atomic E-state index is 12.3. The third-order valence-electron chi connectivity index (χ3n) is 3.36. The van der Waals surface area contributed by atoms with Gasteiger partial charge in [-0.2, -0.15) is 0 Å². The summed E-state index contributed by atoms with van der Waals surface area (Å²) in [4.78, 5) is 23.7. The highest BCUT2D eigenvalue weighted by molar-refractivity contribution is 6.30. The highest BCUT2D eigenvalue weighted by Gasteiger charge is 2.13. The van der Waals surface area contributed by atoms with Crippen LogP contribution in [0.2, 0.25) is 5.02 Å². The molecule has 0 heterocycles. The SMILES string of the molecule is CC(C)COc1ccc(C(=O)NC(=Cc2ccc(Cl)cc2)C(=O)O)cc1. The van der Waals surface area contributed by atoms with E-state index in [1.165, 1.54) is 6.08 Å². The predicted octanol–water partition coefficient (Wildman–Crippen LogP) is 4.23. The average molecular weight is 374 g/mol. The highest BCUT2D eigenvalue weighted by atomic mass is 35.5. The van der Waals surface area contributed by atoms with E-state index in [2.05, 4.69) is 5.32 Å². The minimum absolute atomic E-state index is 0.225. The van der Waals surface area contributed by atoms with Crippen LogP contribution >= 0.6 is 11.6 Å². The summed E-state index contributed by atoms with van der Waals surface area (Å²) < 4.78 is 5.56. The van der Waals surface area contributed by atoms with Gasteiger partial charge in [0, 0.05) is 10.6 Å². The van der Waals surface area contributed by atoms with E-state index in [1.54, 1.807) is 48.5 Å². The molecule has 1 amide bonds. The molecular weight excluding hydrogens is 354 g/mol. The summed E-state index contributed by atoms with van der Waals surface area (Å²) in [5.74, 6) is -0.687. The zero-order chi connectivity index (χ0) is 19.1. The average Bonchev–Trinajstić information content (AvgIpc) is 2.61. The molecule has 0 radical (unpaired) electrons. The minimum Gasteiger partial charge on any atom is -0.493 e. The molecule has 5 nitrogen and oxygen atoms in total. The third-order valence-corrected chi connectivity index (χ3v) is 3.61. The van der Waals surface area contributed by atoms with Crippen molar-refractivity contribution in [2.75, 3.05) is 6.61 Å². The van der Waals surface area contributed by atoms with Gasteiger partial charge in [-0.25, -0.2) is 4.79 Å². The Labute approximate surface area is 157 Å². The zero-order valence-electron chi connectivity index (χ0n) is 14.5. The monoisotopic (exact) mass is 373 g/mol. The fraction of sp³-hybridized carbons (Fsp3) is 0.200. The van der Waals surface area contributed by atoms with Crippen LogP contribution in [0.25, 0.3) is 6.08 Å². The lowest BCUT2D eigenvalue weighted by atomic mass is 10.1. The maximum Gasteiger partial charge on any atom is 0.352 e. The number of carboxylic acid groups (broad SMARTS) is 1. The van der Waals surface area contributed by atoms with Crippen LogP contribution in [0.3, 0.4) is 0 Å². The second-order valence-electron chi connectivity index (χ2n) is 6.10. The van der Waals surface area contributed by atoms with Crippen molar-refractivity contribution >= 4 is 29.6 Å². The van der Waals surface area contributed by atoms with Crippen LogP contribution in [0.5, 0.6) is 5.75 Å². The van der Waals surface area contributed by atoms with Gasteiger partial charge in [0.15, 0.2) is 0 Å². The standard InChI is InChI=1S/C20H20ClNO4/c1-13(2)12-26-17-9-5-15(6-10-17)19(23)22-18(20(24)25)11-14-3-7-16(21)8-4-14/h3-11,13H,12H2,1-2H3,(H,22,23)(H,24,25). The molecule has 0 aromatic heterocycles. The molecule has 0 spiro atoms. The lowest BCUT2D eigenvalue weighted by Gasteiger charge is -2.10. The van der Waals surface area contributed by atoms with Gasteiger partial charge < -0.3 is 15.2 Å². The van der Waals surface area contributed by atoms with E-state index >= 15 is 0 Å². The summed E-state index contributed by atoms with van der Waals surface area (Å²) in [5.41, 5.74) is 0.729. The van der Waals surface area contributed by atoms with Gasteiger partial charge in [0.05, 0.1) is 6.61 Å². The molecule has 0 saturated heterocycles. The summed E-state index contributed by atoms with van der Waals surface area (Å²) in [6, 6.07) is 13.2. The number of carbonyl (C=O) groups is 2. The Morgan fingerprint density at radius 1 is 1.12 bits per heavy atom. The van der Waals surface area contributed by atoms with E-state index in [-0.39, 0.29) is 5.70 Å². The number of hydrogen-bond donors (Lipinski definition) is 2. The fourth-order valence-electron chi connectivity index (χ4n) is 2.04. The Hall–Kier alpha value is -2.79. The third kappa shape index (κ3) is 5.93. The molecule has 2 aromatic carbocycles. The number of rotatable bonds is 7. The molecule has 136 valence electrons. The Bertz CT molecular complexity index is 796. The largest absolute Gasteiger partial charge is 0.493 e. The first-order valence-electron chi connectivity index (χ1n) is 8.10. The van der Waals surface area contributed by atoms with Crippen molar-refractivity contribution in [1.29, 1.82) is 0 Å². The number of benzene rings is 2. The molecule has 0 unspecified atom stereocenters. The van der Waals surface area contributed by atoms with Crippen molar-refractivity contribution in [3.8, 4) is 5.75 Å². The molecule has 0 aliphatic heterocycles. The van der Waals surface area contributed by atoms with E-state index in [1.807, 2.05) is 13.8 Å². The molecule has 0 aliphatic rings. The molecule has 0 atom stereocenters. The molecule has 6 heteroatoms. The molecule has 0 fully saturated rings.